The molecule has 2 aliphatic heterocycles. The first-order chi connectivity index (χ1) is 15.2. The van der Waals surface area contributed by atoms with Crippen LogP contribution in [0.4, 0.5) is 0 Å². The fraction of sp³-hybridized carbons (Fsp3) is 0.125. The van der Waals surface area contributed by atoms with Gasteiger partial charge in [-0.15, -0.1) is 5.10 Å². The maximum Gasteiger partial charge on any atom is 0.313 e. The van der Waals surface area contributed by atoms with Crippen molar-refractivity contribution >= 4 is 51.7 Å². The van der Waals surface area contributed by atoms with Crippen LogP contribution in [0.15, 0.2) is 81.1 Å². The first-order valence-corrected chi connectivity index (χ1v) is 10.8. The molecule has 152 valence electrons. The summed E-state index contributed by atoms with van der Waals surface area (Å²) in [7, 11) is 0. The Labute approximate surface area is 183 Å². The van der Waals surface area contributed by atoms with E-state index in [9.17, 15) is 4.79 Å². The number of carboxylic acids is 1. The number of rotatable bonds is 5. The summed E-state index contributed by atoms with van der Waals surface area (Å²) in [4.78, 5) is 10.9. The molecule has 2 heterocycles. The van der Waals surface area contributed by atoms with Crippen LogP contribution in [-0.2, 0) is 4.79 Å². The number of thioether (sulfide) groups is 1. The van der Waals surface area contributed by atoms with Crippen molar-refractivity contribution in [2.75, 3.05) is 5.75 Å². The minimum atomic E-state index is -0.860. The molecule has 3 aromatic rings. The molecule has 0 fully saturated rings. The standard InChI is InChI=1S/C24H18N4O2S/c29-24(30)14-31-23-11-22(27-28-23)20-9-18(8-19(10-20)21-12-25-26-13-21)17-6-5-15-3-1-2-4-16(15)7-17/h1-10,12-13,21H,11,14H2,(H,29,30). The van der Waals surface area contributed by atoms with Gasteiger partial charge in [0.25, 0.3) is 0 Å². The maximum atomic E-state index is 10.9. The van der Waals surface area contributed by atoms with Gasteiger partial charge in [0, 0.05) is 18.9 Å². The lowest BCUT2D eigenvalue weighted by Crippen LogP contribution is -2.07. The number of hydrogen-bond donors (Lipinski definition) is 1. The SMILES string of the molecule is O=C(O)CSC1=NN=C(c2cc(-c3ccc4ccccc4c3)cc(C3C=NN=C3)c2)C1. The van der Waals surface area contributed by atoms with Crippen molar-refractivity contribution < 1.29 is 9.90 Å². The lowest BCUT2D eigenvalue weighted by Gasteiger charge is -2.12. The summed E-state index contributed by atoms with van der Waals surface area (Å²) < 4.78 is 0. The zero-order chi connectivity index (χ0) is 21.2. The Kier molecular flexibility index (Phi) is 5.18. The van der Waals surface area contributed by atoms with Crippen LogP contribution in [0.1, 0.15) is 23.5 Å². The number of carbonyl (C=O) groups is 1. The third kappa shape index (κ3) is 4.18. The molecule has 0 radical (unpaired) electrons. The third-order valence-corrected chi connectivity index (χ3v) is 6.19. The van der Waals surface area contributed by atoms with Crippen LogP contribution in [-0.4, -0.2) is 40.0 Å². The summed E-state index contributed by atoms with van der Waals surface area (Å²) >= 11 is 1.22. The van der Waals surface area contributed by atoms with Crippen LogP contribution in [0.3, 0.4) is 0 Å². The van der Waals surface area contributed by atoms with Crippen molar-refractivity contribution in [3.05, 3.63) is 71.8 Å². The predicted octanol–water partition coefficient (Wildman–Crippen LogP) is 4.98. The van der Waals surface area contributed by atoms with Gasteiger partial charge in [-0.25, -0.2) is 0 Å². The minimum Gasteiger partial charge on any atom is -0.481 e. The molecule has 6 nitrogen and oxygen atoms in total. The van der Waals surface area contributed by atoms with Gasteiger partial charge in [0.15, 0.2) is 0 Å². The third-order valence-electron chi connectivity index (χ3n) is 5.24. The molecule has 7 heteroatoms. The summed E-state index contributed by atoms with van der Waals surface area (Å²) in [5.41, 5.74) is 5.10. The number of benzene rings is 3. The van der Waals surface area contributed by atoms with Gasteiger partial charge in [-0.3, -0.25) is 4.79 Å². The number of nitrogens with zero attached hydrogens (tertiary/aromatic N) is 4. The molecule has 1 N–H and O–H groups in total. The fourth-order valence-corrected chi connectivity index (χ4v) is 4.32. The quantitative estimate of drug-likeness (QED) is 0.624. The van der Waals surface area contributed by atoms with E-state index in [1.165, 1.54) is 22.5 Å². The molecule has 0 unspecified atom stereocenters. The fourth-order valence-electron chi connectivity index (χ4n) is 3.69. The Balaban J connectivity index is 1.51. The minimum absolute atomic E-state index is 0.0149. The monoisotopic (exact) mass is 426 g/mol. The van der Waals surface area contributed by atoms with Crippen molar-refractivity contribution in [3.8, 4) is 11.1 Å². The predicted molar refractivity (Wildman–Crippen MR) is 128 cm³/mol. The lowest BCUT2D eigenvalue weighted by atomic mass is 9.91. The topological polar surface area (TPSA) is 86.7 Å². The highest BCUT2D eigenvalue weighted by Gasteiger charge is 2.19. The molecule has 0 aliphatic carbocycles. The van der Waals surface area contributed by atoms with Crippen LogP contribution in [0.2, 0.25) is 0 Å². The largest absolute Gasteiger partial charge is 0.481 e. The molecule has 0 aromatic heterocycles. The normalized spacial score (nSPS) is 15.5. The van der Waals surface area contributed by atoms with Crippen LogP contribution >= 0.6 is 11.8 Å². The van der Waals surface area contributed by atoms with Gasteiger partial charge < -0.3 is 5.11 Å². The summed E-state index contributed by atoms with van der Waals surface area (Å²) in [5.74, 6) is -0.858. The van der Waals surface area contributed by atoms with E-state index in [4.69, 9.17) is 5.11 Å². The number of hydrogen-bond acceptors (Lipinski definition) is 6. The number of fused-ring (bicyclic) bond motifs is 1. The van der Waals surface area contributed by atoms with Crippen molar-refractivity contribution in [1.29, 1.82) is 0 Å². The molecule has 0 spiro atoms. The highest BCUT2D eigenvalue weighted by atomic mass is 32.2. The summed E-state index contributed by atoms with van der Waals surface area (Å²) in [6.45, 7) is 0. The van der Waals surface area contributed by atoms with Crippen molar-refractivity contribution in [2.24, 2.45) is 20.4 Å². The van der Waals surface area contributed by atoms with Crippen molar-refractivity contribution in [2.45, 2.75) is 12.3 Å². The van der Waals surface area contributed by atoms with E-state index in [2.05, 4.69) is 68.9 Å². The van der Waals surface area contributed by atoms with E-state index in [0.29, 0.717) is 6.42 Å². The highest BCUT2D eigenvalue weighted by molar-refractivity contribution is 8.14. The molecule has 0 bridgehead atoms. The van der Waals surface area contributed by atoms with Crippen molar-refractivity contribution in [3.63, 3.8) is 0 Å². The van der Waals surface area contributed by atoms with E-state index in [0.717, 1.165) is 33.0 Å². The van der Waals surface area contributed by atoms with E-state index in [-0.39, 0.29) is 11.7 Å². The van der Waals surface area contributed by atoms with Gasteiger partial charge in [0.05, 0.1) is 17.4 Å². The Morgan fingerprint density at radius 3 is 2.48 bits per heavy atom. The smallest absolute Gasteiger partial charge is 0.313 e. The number of carboxylic acid groups (broad SMARTS) is 1. The van der Waals surface area contributed by atoms with Crippen LogP contribution in [0.25, 0.3) is 21.9 Å². The molecular weight excluding hydrogens is 408 g/mol. The van der Waals surface area contributed by atoms with Gasteiger partial charge in [-0.2, -0.15) is 15.3 Å². The molecule has 2 aliphatic rings. The van der Waals surface area contributed by atoms with E-state index < -0.39 is 5.97 Å². The second kappa shape index (κ2) is 8.28. The molecule has 0 amide bonds. The first kappa shape index (κ1) is 19.4. The molecular formula is C24H18N4O2S. The van der Waals surface area contributed by atoms with E-state index in [1.54, 1.807) is 0 Å². The average molecular weight is 427 g/mol. The highest BCUT2D eigenvalue weighted by Crippen LogP contribution is 2.30. The molecule has 31 heavy (non-hydrogen) atoms. The van der Waals surface area contributed by atoms with Gasteiger partial charge in [-0.1, -0.05) is 54.2 Å². The second-order valence-electron chi connectivity index (χ2n) is 7.36. The summed E-state index contributed by atoms with van der Waals surface area (Å²) in [6.07, 6.45) is 4.18. The second-order valence-corrected chi connectivity index (χ2v) is 8.41. The Hall–Kier alpha value is -3.58. The van der Waals surface area contributed by atoms with Crippen LogP contribution < -0.4 is 0 Å². The van der Waals surface area contributed by atoms with Crippen molar-refractivity contribution in [1.82, 2.24) is 0 Å². The number of aliphatic carboxylic acids is 1. The molecule has 5 rings (SSSR count). The van der Waals surface area contributed by atoms with Gasteiger partial charge in [0.1, 0.15) is 5.04 Å². The summed E-state index contributed by atoms with van der Waals surface area (Å²) in [5, 5.41) is 28.5. The van der Waals surface area contributed by atoms with Gasteiger partial charge in [0.2, 0.25) is 0 Å². The summed E-state index contributed by atoms with van der Waals surface area (Å²) in [6, 6.07) is 21.1. The van der Waals surface area contributed by atoms with E-state index in [1.807, 2.05) is 24.6 Å². The van der Waals surface area contributed by atoms with Gasteiger partial charge in [-0.05, 0) is 51.2 Å². The average Bonchev–Trinajstić information content (AvgIpc) is 3.49. The Morgan fingerprint density at radius 1 is 0.903 bits per heavy atom. The molecule has 0 saturated carbocycles. The Bertz CT molecular complexity index is 1300. The maximum absolute atomic E-state index is 10.9. The van der Waals surface area contributed by atoms with Crippen LogP contribution in [0.5, 0.6) is 0 Å². The lowest BCUT2D eigenvalue weighted by molar-refractivity contribution is -0.133. The van der Waals surface area contributed by atoms with Gasteiger partial charge >= 0.3 is 5.97 Å². The Morgan fingerprint density at radius 2 is 1.68 bits per heavy atom. The molecule has 0 saturated heterocycles. The zero-order valence-corrected chi connectivity index (χ0v) is 17.3. The first-order valence-electron chi connectivity index (χ1n) is 9.85. The molecule has 3 aromatic carbocycles. The zero-order valence-electron chi connectivity index (χ0n) is 16.5. The van der Waals surface area contributed by atoms with E-state index >= 15 is 0 Å². The molecule has 0 atom stereocenters. The van der Waals surface area contributed by atoms with Crippen LogP contribution in [0, 0.1) is 0 Å².